The largest absolute Gasteiger partial charge is 0.247 e. The predicted octanol–water partition coefficient (Wildman–Crippen LogP) is 2.43. The van der Waals surface area contributed by atoms with Gasteiger partial charge < -0.3 is 0 Å². The zero-order chi connectivity index (χ0) is 7.72. The van der Waals surface area contributed by atoms with Gasteiger partial charge in [0.05, 0.1) is 0 Å². The first-order chi connectivity index (χ1) is 4.61. The van der Waals surface area contributed by atoms with Crippen LogP contribution >= 0.6 is 0 Å². The van der Waals surface area contributed by atoms with Crippen molar-refractivity contribution in [2.24, 2.45) is 5.92 Å². The lowest BCUT2D eigenvalue weighted by Crippen LogP contribution is -2.34. The van der Waals surface area contributed by atoms with Gasteiger partial charge in [-0.2, -0.15) is 0 Å². The third kappa shape index (κ3) is 1.44. The van der Waals surface area contributed by atoms with E-state index in [0.717, 1.165) is 0 Å². The van der Waals surface area contributed by atoms with Crippen molar-refractivity contribution in [1.82, 2.24) is 0 Å². The molecule has 0 aliphatic heterocycles. The lowest BCUT2D eigenvalue weighted by atomic mass is 9.87. The molecule has 4 unspecified atom stereocenters. The lowest BCUT2D eigenvalue weighted by Gasteiger charge is -2.27. The summed E-state index contributed by atoms with van der Waals surface area (Å²) in [5.74, 6) is -0.318. The van der Waals surface area contributed by atoms with Crippen LogP contribution < -0.4 is 0 Å². The summed E-state index contributed by atoms with van der Waals surface area (Å²) in [5.41, 5.74) is 0. The minimum Gasteiger partial charge on any atom is -0.247 e. The fourth-order valence-corrected chi connectivity index (χ4v) is 1.25. The van der Waals surface area contributed by atoms with E-state index in [2.05, 4.69) is 0 Å². The van der Waals surface area contributed by atoms with Gasteiger partial charge in [0.25, 0.3) is 0 Å². The molecule has 0 aromatic rings. The standard InChI is InChI=1S/C7H11F3/c1-4-2-6(9)7(10)3-5(4)8/h4-7H,2-3H2,1H3. The average Bonchev–Trinajstić information content (AvgIpc) is 1.84. The van der Waals surface area contributed by atoms with E-state index in [1.807, 2.05) is 0 Å². The van der Waals surface area contributed by atoms with Gasteiger partial charge in [-0.1, -0.05) is 6.92 Å². The maximum absolute atomic E-state index is 12.6. The topological polar surface area (TPSA) is 0 Å². The van der Waals surface area contributed by atoms with E-state index in [9.17, 15) is 13.2 Å². The first-order valence-electron chi connectivity index (χ1n) is 3.53. The molecule has 0 nitrogen and oxygen atoms in total. The molecule has 0 amide bonds. The highest BCUT2D eigenvalue weighted by Crippen LogP contribution is 2.30. The molecule has 1 aliphatic carbocycles. The maximum Gasteiger partial charge on any atom is 0.134 e. The van der Waals surface area contributed by atoms with E-state index < -0.39 is 18.5 Å². The molecule has 0 radical (unpaired) electrons. The van der Waals surface area contributed by atoms with Crippen molar-refractivity contribution in [3.63, 3.8) is 0 Å². The van der Waals surface area contributed by atoms with Gasteiger partial charge in [-0.3, -0.25) is 0 Å². The minimum absolute atomic E-state index is 0.0301. The highest BCUT2D eigenvalue weighted by Gasteiger charge is 2.35. The summed E-state index contributed by atoms with van der Waals surface area (Å²) in [7, 11) is 0. The first-order valence-corrected chi connectivity index (χ1v) is 3.53. The van der Waals surface area contributed by atoms with Crippen LogP contribution in [-0.4, -0.2) is 18.5 Å². The van der Waals surface area contributed by atoms with Crippen molar-refractivity contribution in [3.8, 4) is 0 Å². The Labute approximate surface area is 58.4 Å². The van der Waals surface area contributed by atoms with Crippen LogP contribution in [0.1, 0.15) is 19.8 Å². The van der Waals surface area contributed by atoms with E-state index >= 15 is 0 Å². The third-order valence-electron chi connectivity index (χ3n) is 2.06. The number of hydrogen-bond donors (Lipinski definition) is 0. The summed E-state index contributed by atoms with van der Waals surface area (Å²) in [5, 5.41) is 0. The van der Waals surface area contributed by atoms with Crippen LogP contribution in [0.15, 0.2) is 0 Å². The quantitative estimate of drug-likeness (QED) is 0.500. The molecule has 3 heteroatoms. The molecule has 1 aliphatic rings. The van der Waals surface area contributed by atoms with Crippen molar-refractivity contribution in [2.75, 3.05) is 0 Å². The van der Waals surface area contributed by atoms with E-state index in [-0.39, 0.29) is 18.8 Å². The van der Waals surface area contributed by atoms with Crippen LogP contribution in [-0.2, 0) is 0 Å². The highest BCUT2D eigenvalue weighted by atomic mass is 19.2. The van der Waals surface area contributed by atoms with E-state index in [1.54, 1.807) is 6.92 Å². The van der Waals surface area contributed by atoms with E-state index in [4.69, 9.17) is 0 Å². The second kappa shape index (κ2) is 2.81. The summed E-state index contributed by atoms with van der Waals surface area (Å²) in [4.78, 5) is 0. The Morgan fingerprint density at radius 1 is 0.900 bits per heavy atom. The SMILES string of the molecule is CC1CC(F)C(F)CC1F. The van der Waals surface area contributed by atoms with Crippen molar-refractivity contribution >= 4 is 0 Å². The second-order valence-corrected chi connectivity index (χ2v) is 3.00. The highest BCUT2D eigenvalue weighted by molar-refractivity contribution is 4.83. The predicted molar refractivity (Wildman–Crippen MR) is 33.1 cm³/mol. The van der Waals surface area contributed by atoms with Gasteiger partial charge in [0.15, 0.2) is 0 Å². The number of rotatable bonds is 0. The molecule has 10 heavy (non-hydrogen) atoms. The van der Waals surface area contributed by atoms with Crippen molar-refractivity contribution < 1.29 is 13.2 Å². The van der Waals surface area contributed by atoms with Gasteiger partial charge in [-0.05, 0) is 12.3 Å². The summed E-state index contributed by atoms with van der Waals surface area (Å²) in [6, 6.07) is 0. The van der Waals surface area contributed by atoms with Crippen LogP contribution in [0.5, 0.6) is 0 Å². The fraction of sp³-hybridized carbons (Fsp3) is 1.00. The summed E-state index contributed by atoms with van der Waals surface area (Å²) in [6.45, 7) is 1.61. The van der Waals surface area contributed by atoms with Crippen LogP contribution in [0, 0.1) is 5.92 Å². The maximum atomic E-state index is 12.6. The molecular formula is C7H11F3. The zero-order valence-corrected chi connectivity index (χ0v) is 5.86. The molecule has 60 valence electrons. The molecule has 0 saturated heterocycles. The van der Waals surface area contributed by atoms with Crippen molar-refractivity contribution in [2.45, 2.75) is 38.3 Å². The monoisotopic (exact) mass is 152 g/mol. The molecule has 1 fully saturated rings. The Bertz CT molecular complexity index is 89.4. The summed E-state index contributed by atoms with van der Waals surface area (Å²) in [6.07, 6.45) is -4.40. The van der Waals surface area contributed by atoms with Gasteiger partial charge in [0.2, 0.25) is 0 Å². The van der Waals surface area contributed by atoms with Gasteiger partial charge in [0, 0.05) is 6.42 Å². The molecule has 1 saturated carbocycles. The Balaban J connectivity index is 2.46. The van der Waals surface area contributed by atoms with Crippen LogP contribution in [0.25, 0.3) is 0 Å². The third-order valence-corrected chi connectivity index (χ3v) is 2.06. The Morgan fingerprint density at radius 3 is 1.90 bits per heavy atom. The summed E-state index contributed by atoms with van der Waals surface area (Å²) < 4.78 is 37.4. The van der Waals surface area contributed by atoms with Crippen LogP contribution in [0.2, 0.25) is 0 Å². The second-order valence-electron chi connectivity index (χ2n) is 3.00. The molecule has 0 heterocycles. The lowest BCUT2D eigenvalue weighted by molar-refractivity contribution is 0.0383. The Morgan fingerprint density at radius 2 is 1.40 bits per heavy atom. The number of halogens is 3. The molecule has 1 rings (SSSR count). The minimum atomic E-state index is -1.58. The van der Waals surface area contributed by atoms with Gasteiger partial charge >= 0.3 is 0 Å². The number of hydrogen-bond acceptors (Lipinski definition) is 0. The Kier molecular flexibility index (Phi) is 2.21. The molecule has 0 spiro atoms. The van der Waals surface area contributed by atoms with Crippen molar-refractivity contribution in [1.29, 1.82) is 0 Å². The molecular weight excluding hydrogens is 141 g/mol. The number of alkyl halides is 3. The summed E-state index contributed by atoms with van der Waals surface area (Å²) >= 11 is 0. The zero-order valence-electron chi connectivity index (χ0n) is 5.86. The molecule has 0 aromatic carbocycles. The molecule has 0 bridgehead atoms. The van der Waals surface area contributed by atoms with Crippen LogP contribution in [0.4, 0.5) is 13.2 Å². The molecule has 0 aromatic heterocycles. The molecule has 4 atom stereocenters. The first kappa shape index (κ1) is 7.89. The average molecular weight is 152 g/mol. The van der Waals surface area contributed by atoms with Crippen molar-refractivity contribution in [3.05, 3.63) is 0 Å². The Hall–Kier alpha value is -0.210. The van der Waals surface area contributed by atoms with Gasteiger partial charge in [-0.25, -0.2) is 13.2 Å². The fourth-order valence-electron chi connectivity index (χ4n) is 1.25. The molecule has 0 N–H and O–H groups in total. The normalized spacial score (nSPS) is 49.2. The van der Waals surface area contributed by atoms with Gasteiger partial charge in [0.1, 0.15) is 18.5 Å². The van der Waals surface area contributed by atoms with E-state index in [0.29, 0.717) is 0 Å². The van der Waals surface area contributed by atoms with Gasteiger partial charge in [-0.15, -0.1) is 0 Å². The van der Waals surface area contributed by atoms with Crippen LogP contribution in [0.3, 0.4) is 0 Å². The van der Waals surface area contributed by atoms with E-state index in [1.165, 1.54) is 0 Å². The smallest absolute Gasteiger partial charge is 0.134 e.